The first-order chi connectivity index (χ1) is 14.5. The number of nitrogens with zero attached hydrogens (tertiary/aromatic N) is 1. The van der Waals surface area contributed by atoms with Gasteiger partial charge in [0, 0.05) is 30.9 Å². The normalized spacial score (nSPS) is 15.7. The quantitative estimate of drug-likeness (QED) is 0.702. The largest absolute Gasteiger partial charge is 0.484 e. The minimum Gasteiger partial charge on any atom is -0.484 e. The van der Waals surface area contributed by atoms with E-state index in [1.54, 1.807) is 29.2 Å². The molecule has 1 heterocycles. The fourth-order valence-electron chi connectivity index (χ4n) is 3.32. The molecule has 7 nitrogen and oxygen atoms in total. The van der Waals surface area contributed by atoms with Crippen LogP contribution in [-0.4, -0.2) is 37.4 Å². The van der Waals surface area contributed by atoms with Crippen LogP contribution in [-0.2, 0) is 14.4 Å². The lowest BCUT2D eigenvalue weighted by molar-refractivity contribution is -0.126. The minimum atomic E-state index is -0.328. The van der Waals surface area contributed by atoms with Crippen LogP contribution in [0.5, 0.6) is 5.75 Å². The van der Waals surface area contributed by atoms with Crippen LogP contribution in [0.15, 0.2) is 48.5 Å². The van der Waals surface area contributed by atoms with Crippen molar-refractivity contribution in [1.82, 2.24) is 5.32 Å². The van der Waals surface area contributed by atoms with Crippen LogP contribution in [0.1, 0.15) is 25.3 Å². The summed E-state index contributed by atoms with van der Waals surface area (Å²) in [5, 5.41) is 5.64. The molecule has 1 saturated heterocycles. The lowest BCUT2D eigenvalue weighted by Gasteiger charge is -2.17. The van der Waals surface area contributed by atoms with Crippen LogP contribution in [0.25, 0.3) is 0 Å². The van der Waals surface area contributed by atoms with Gasteiger partial charge in [0.25, 0.3) is 5.91 Å². The molecule has 1 aliphatic rings. The molecule has 158 valence electrons. The van der Waals surface area contributed by atoms with Gasteiger partial charge >= 0.3 is 0 Å². The van der Waals surface area contributed by atoms with Crippen molar-refractivity contribution in [1.29, 1.82) is 0 Å². The van der Waals surface area contributed by atoms with Crippen LogP contribution in [0.3, 0.4) is 0 Å². The number of carbonyl (C=O) groups is 3. The fraction of sp³-hybridized carbons (Fsp3) is 0.348. The maximum absolute atomic E-state index is 12.3. The van der Waals surface area contributed by atoms with Crippen molar-refractivity contribution in [3.8, 4) is 5.75 Å². The van der Waals surface area contributed by atoms with E-state index < -0.39 is 0 Å². The second kappa shape index (κ2) is 9.91. The standard InChI is InChI=1S/C23H27N3O4/c1-3-11-24-23(29)17-13-22(28)26(14-17)19-7-9-20(10-8-19)30-15-21(27)25-18-6-4-5-16(2)12-18/h4-10,12,17H,3,11,13-15H2,1-2H3,(H,24,29)(H,25,27)/t17-/m0/s1. The second-order valence-corrected chi connectivity index (χ2v) is 7.40. The summed E-state index contributed by atoms with van der Waals surface area (Å²) in [6, 6.07) is 14.5. The van der Waals surface area contributed by atoms with Crippen LogP contribution in [0.4, 0.5) is 11.4 Å². The van der Waals surface area contributed by atoms with E-state index in [9.17, 15) is 14.4 Å². The van der Waals surface area contributed by atoms with Gasteiger partial charge in [0.05, 0.1) is 5.92 Å². The van der Waals surface area contributed by atoms with E-state index in [2.05, 4.69) is 10.6 Å². The number of carbonyl (C=O) groups excluding carboxylic acids is 3. The Morgan fingerprint density at radius 2 is 1.93 bits per heavy atom. The van der Waals surface area contributed by atoms with Gasteiger partial charge in [0.2, 0.25) is 11.8 Å². The van der Waals surface area contributed by atoms with Crippen molar-refractivity contribution in [3.05, 3.63) is 54.1 Å². The van der Waals surface area contributed by atoms with Crippen molar-refractivity contribution in [3.63, 3.8) is 0 Å². The molecule has 2 aromatic rings. The summed E-state index contributed by atoms with van der Waals surface area (Å²) >= 11 is 0. The zero-order valence-electron chi connectivity index (χ0n) is 17.3. The molecular formula is C23H27N3O4. The summed E-state index contributed by atoms with van der Waals surface area (Å²) in [5.74, 6) is -0.197. The lowest BCUT2D eigenvalue weighted by atomic mass is 10.1. The summed E-state index contributed by atoms with van der Waals surface area (Å²) in [5.41, 5.74) is 2.50. The Hall–Kier alpha value is -3.35. The number of hydrogen-bond acceptors (Lipinski definition) is 4. The highest BCUT2D eigenvalue weighted by Gasteiger charge is 2.34. The molecule has 0 aliphatic carbocycles. The van der Waals surface area contributed by atoms with Crippen molar-refractivity contribution in [2.45, 2.75) is 26.7 Å². The third-order valence-electron chi connectivity index (χ3n) is 4.87. The highest BCUT2D eigenvalue weighted by Crippen LogP contribution is 2.27. The highest BCUT2D eigenvalue weighted by atomic mass is 16.5. The summed E-state index contributed by atoms with van der Waals surface area (Å²) in [4.78, 5) is 38.1. The molecule has 3 rings (SSSR count). The van der Waals surface area contributed by atoms with Gasteiger partial charge in [0.15, 0.2) is 6.61 Å². The van der Waals surface area contributed by atoms with Crippen molar-refractivity contribution in [2.75, 3.05) is 29.9 Å². The van der Waals surface area contributed by atoms with E-state index >= 15 is 0 Å². The number of nitrogens with one attached hydrogen (secondary N) is 2. The molecule has 0 bridgehead atoms. The molecule has 7 heteroatoms. The van der Waals surface area contributed by atoms with Crippen LogP contribution >= 0.6 is 0 Å². The molecule has 1 fully saturated rings. The van der Waals surface area contributed by atoms with Gasteiger partial charge in [-0.3, -0.25) is 14.4 Å². The Bertz CT molecular complexity index is 911. The number of rotatable bonds is 8. The zero-order chi connectivity index (χ0) is 21.5. The van der Waals surface area contributed by atoms with Crippen LogP contribution < -0.4 is 20.3 Å². The highest BCUT2D eigenvalue weighted by molar-refractivity contribution is 6.00. The third kappa shape index (κ3) is 5.59. The first kappa shape index (κ1) is 21.4. The number of benzene rings is 2. The SMILES string of the molecule is CCCNC(=O)[C@H]1CC(=O)N(c2ccc(OCC(=O)Nc3cccc(C)c3)cc2)C1. The summed E-state index contributed by atoms with van der Waals surface area (Å²) in [6.45, 7) is 4.82. The van der Waals surface area contributed by atoms with Gasteiger partial charge in [-0.2, -0.15) is 0 Å². The van der Waals surface area contributed by atoms with Crippen LogP contribution in [0.2, 0.25) is 0 Å². The topological polar surface area (TPSA) is 87.7 Å². The molecule has 3 amide bonds. The van der Waals surface area contributed by atoms with E-state index in [-0.39, 0.29) is 36.7 Å². The molecule has 0 spiro atoms. The lowest BCUT2D eigenvalue weighted by Crippen LogP contribution is -2.33. The predicted octanol–water partition coefficient (Wildman–Crippen LogP) is 2.89. The first-order valence-corrected chi connectivity index (χ1v) is 10.1. The van der Waals surface area contributed by atoms with Gasteiger partial charge in [-0.1, -0.05) is 19.1 Å². The van der Waals surface area contributed by atoms with E-state index in [0.29, 0.717) is 24.5 Å². The number of anilines is 2. The monoisotopic (exact) mass is 409 g/mol. The molecule has 0 saturated carbocycles. The van der Waals surface area contributed by atoms with Gasteiger partial charge in [0.1, 0.15) is 5.75 Å². The molecule has 2 N–H and O–H groups in total. The number of amides is 3. The Labute approximate surface area is 176 Å². The molecule has 1 atom stereocenters. The fourth-order valence-corrected chi connectivity index (χ4v) is 3.32. The van der Waals surface area contributed by atoms with E-state index in [1.165, 1.54) is 0 Å². The van der Waals surface area contributed by atoms with E-state index in [4.69, 9.17) is 4.74 Å². The number of hydrogen-bond donors (Lipinski definition) is 2. The van der Waals surface area contributed by atoms with Crippen molar-refractivity contribution >= 4 is 29.1 Å². The van der Waals surface area contributed by atoms with E-state index in [1.807, 2.05) is 38.1 Å². The average Bonchev–Trinajstić information content (AvgIpc) is 3.12. The first-order valence-electron chi connectivity index (χ1n) is 10.1. The van der Waals surface area contributed by atoms with Gasteiger partial charge in [-0.05, 0) is 55.3 Å². The van der Waals surface area contributed by atoms with Crippen molar-refractivity contribution < 1.29 is 19.1 Å². The summed E-state index contributed by atoms with van der Waals surface area (Å²) < 4.78 is 5.54. The minimum absolute atomic E-state index is 0.0714. The Morgan fingerprint density at radius 1 is 1.17 bits per heavy atom. The third-order valence-corrected chi connectivity index (χ3v) is 4.87. The van der Waals surface area contributed by atoms with Gasteiger partial charge < -0.3 is 20.3 Å². The average molecular weight is 409 g/mol. The molecule has 30 heavy (non-hydrogen) atoms. The molecule has 0 aromatic heterocycles. The molecular weight excluding hydrogens is 382 g/mol. The second-order valence-electron chi connectivity index (χ2n) is 7.40. The van der Waals surface area contributed by atoms with Crippen molar-refractivity contribution in [2.24, 2.45) is 5.92 Å². The molecule has 1 aliphatic heterocycles. The van der Waals surface area contributed by atoms with E-state index in [0.717, 1.165) is 17.7 Å². The maximum Gasteiger partial charge on any atom is 0.262 e. The molecule has 0 unspecified atom stereocenters. The molecule has 2 aromatic carbocycles. The Kier molecular flexibility index (Phi) is 7.06. The van der Waals surface area contributed by atoms with Gasteiger partial charge in [-0.25, -0.2) is 0 Å². The zero-order valence-corrected chi connectivity index (χ0v) is 17.3. The smallest absolute Gasteiger partial charge is 0.262 e. The van der Waals surface area contributed by atoms with Gasteiger partial charge in [-0.15, -0.1) is 0 Å². The number of ether oxygens (including phenoxy) is 1. The summed E-state index contributed by atoms with van der Waals surface area (Å²) in [7, 11) is 0. The Morgan fingerprint density at radius 3 is 2.63 bits per heavy atom. The maximum atomic E-state index is 12.3. The van der Waals surface area contributed by atoms with Crippen LogP contribution in [0, 0.1) is 12.8 Å². The predicted molar refractivity (Wildman–Crippen MR) is 116 cm³/mol. The number of aryl methyl sites for hydroxylation is 1. The summed E-state index contributed by atoms with van der Waals surface area (Å²) in [6.07, 6.45) is 1.08. The molecule has 0 radical (unpaired) electrons. The Balaban J connectivity index is 1.51.